The summed E-state index contributed by atoms with van der Waals surface area (Å²) in [7, 11) is -0.736. The Kier molecular flexibility index (Phi) is 10.1. The zero-order chi connectivity index (χ0) is 27.0. The Morgan fingerprint density at radius 2 is 1.79 bits per heavy atom. The van der Waals surface area contributed by atoms with Crippen LogP contribution in [0.15, 0.2) is 54.9 Å². The van der Waals surface area contributed by atoms with Gasteiger partial charge < -0.3 is 10.2 Å². The molecule has 1 aliphatic carbocycles. The van der Waals surface area contributed by atoms with Gasteiger partial charge in [-0.2, -0.15) is 5.10 Å². The number of aryl methyl sites for hydroxylation is 3. The number of hydrogen-bond acceptors (Lipinski definition) is 4. The van der Waals surface area contributed by atoms with E-state index in [0.29, 0.717) is 17.4 Å². The number of phenolic OH excluding ortho intramolecular Hbond substituents is 2. The van der Waals surface area contributed by atoms with Crippen LogP contribution in [0.1, 0.15) is 93.4 Å². The van der Waals surface area contributed by atoms with E-state index in [1.165, 1.54) is 41.5 Å². The molecule has 0 bridgehead atoms. The normalized spacial score (nSPS) is 19.8. The summed E-state index contributed by atoms with van der Waals surface area (Å²) < 4.78 is 14.3. The fourth-order valence-corrected chi connectivity index (χ4v) is 7.22. The fraction of sp³-hybridized carbons (Fsp3) is 0.531. The standard InChI is InChI=1S/C32H44N2O3S/c1-3-4-5-8-20-38(37)21-17-25-23-33-34(24-25)19-7-6-9-31-30-15-14-29(36)22-26(30)16-18-32(31,2)27-10-12-28(35)13-11-27/h10-15,22-24,31,35-36H,3-9,16-21H2,1-2H3. The summed E-state index contributed by atoms with van der Waals surface area (Å²) in [6.07, 6.45) is 14.7. The molecule has 0 aliphatic heterocycles. The molecule has 0 saturated heterocycles. The van der Waals surface area contributed by atoms with Crippen LogP contribution in [-0.4, -0.2) is 35.7 Å². The first kappa shape index (κ1) is 28.4. The van der Waals surface area contributed by atoms with Crippen molar-refractivity contribution in [3.63, 3.8) is 0 Å². The molecule has 38 heavy (non-hydrogen) atoms. The van der Waals surface area contributed by atoms with Gasteiger partial charge in [-0.15, -0.1) is 0 Å². The van der Waals surface area contributed by atoms with Crippen molar-refractivity contribution in [1.29, 1.82) is 0 Å². The number of phenols is 2. The quantitative estimate of drug-likeness (QED) is 0.217. The molecule has 0 amide bonds. The monoisotopic (exact) mass is 536 g/mol. The minimum atomic E-state index is -0.736. The molecule has 0 spiro atoms. The largest absolute Gasteiger partial charge is 0.508 e. The molecule has 1 aromatic heterocycles. The van der Waals surface area contributed by atoms with Crippen LogP contribution in [0, 0.1) is 0 Å². The number of fused-ring (bicyclic) bond motifs is 1. The Morgan fingerprint density at radius 3 is 2.58 bits per heavy atom. The Hall–Kier alpha value is -2.60. The molecule has 0 saturated carbocycles. The number of unbranched alkanes of at least 4 members (excludes halogenated alkanes) is 4. The third-order valence-corrected chi connectivity index (χ3v) is 9.78. The molecule has 3 atom stereocenters. The summed E-state index contributed by atoms with van der Waals surface area (Å²) >= 11 is 0. The molecule has 3 aromatic rings. The highest BCUT2D eigenvalue weighted by atomic mass is 32.2. The first-order valence-corrected chi connectivity index (χ1v) is 15.9. The number of nitrogens with zero attached hydrogens (tertiary/aromatic N) is 2. The molecule has 0 radical (unpaired) electrons. The van der Waals surface area contributed by atoms with Gasteiger partial charge in [-0.25, -0.2) is 0 Å². The predicted molar refractivity (Wildman–Crippen MR) is 156 cm³/mol. The lowest BCUT2D eigenvalue weighted by Crippen LogP contribution is -2.35. The molecular formula is C32H44N2O3S. The molecule has 0 fully saturated rings. The number of rotatable bonds is 14. The maximum atomic E-state index is 12.3. The highest BCUT2D eigenvalue weighted by molar-refractivity contribution is 7.84. The maximum Gasteiger partial charge on any atom is 0.115 e. The van der Waals surface area contributed by atoms with Crippen molar-refractivity contribution < 1.29 is 14.4 Å². The third kappa shape index (κ3) is 7.28. The average molecular weight is 537 g/mol. The number of aromatic hydroxyl groups is 2. The van der Waals surface area contributed by atoms with E-state index < -0.39 is 10.8 Å². The Labute approximate surface area is 230 Å². The molecule has 206 valence electrons. The first-order chi connectivity index (χ1) is 18.4. The Morgan fingerprint density at radius 1 is 1.00 bits per heavy atom. The van der Waals surface area contributed by atoms with Crippen LogP contribution < -0.4 is 0 Å². The summed E-state index contributed by atoms with van der Waals surface area (Å²) in [5.41, 5.74) is 5.01. The third-order valence-electron chi connectivity index (χ3n) is 8.37. The smallest absolute Gasteiger partial charge is 0.115 e. The highest BCUT2D eigenvalue weighted by Crippen LogP contribution is 2.50. The van der Waals surface area contributed by atoms with Crippen molar-refractivity contribution in [3.05, 3.63) is 77.1 Å². The second-order valence-corrected chi connectivity index (χ2v) is 12.9. The molecule has 1 aliphatic rings. The van der Waals surface area contributed by atoms with Gasteiger partial charge in [0.1, 0.15) is 11.5 Å². The zero-order valence-corrected chi connectivity index (χ0v) is 23.9. The summed E-state index contributed by atoms with van der Waals surface area (Å²) in [6.45, 7) is 5.43. The number of aromatic nitrogens is 2. The van der Waals surface area contributed by atoms with Gasteiger partial charge in [-0.05, 0) is 96.4 Å². The van der Waals surface area contributed by atoms with Gasteiger partial charge in [0.05, 0.1) is 6.20 Å². The predicted octanol–water partition coefficient (Wildman–Crippen LogP) is 7.02. The molecule has 4 rings (SSSR count). The average Bonchev–Trinajstić information content (AvgIpc) is 3.37. The molecular weight excluding hydrogens is 492 g/mol. The van der Waals surface area contributed by atoms with Crippen molar-refractivity contribution in [2.45, 2.75) is 95.9 Å². The van der Waals surface area contributed by atoms with Crippen molar-refractivity contribution in [1.82, 2.24) is 9.78 Å². The van der Waals surface area contributed by atoms with E-state index in [4.69, 9.17) is 0 Å². The topological polar surface area (TPSA) is 75.4 Å². The fourth-order valence-electron chi connectivity index (χ4n) is 6.03. The minimum Gasteiger partial charge on any atom is -0.508 e. The van der Waals surface area contributed by atoms with Crippen LogP contribution in [-0.2, 0) is 35.6 Å². The molecule has 1 heterocycles. The van der Waals surface area contributed by atoms with Crippen LogP contribution in [0.25, 0.3) is 0 Å². The molecule has 2 aromatic carbocycles. The van der Waals surface area contributed by atoms with Gasteiger partial charge in [-0.3, -0.25) is 8.89 Å². The highest BCUT2D eigenvalue weighted by Gasteiger charge is 2.40. The van der Waals surface area contributed by atoms with E-state index in [2.05, 4.69) is 43.3 Å². The second-order valence-electron chi connectivity index (χ2n) is 11.2. The lowest BCUT2D eigenvalue weighted by Gasteiger charge is -2.43. The van der Waals surface area contributed by atoms with Gasteiger partial charge in [0, 0.05) is 35.0 Å². The van der Waals surface area contributed by atoms with Gasteiger partial charge in [0.25, 0.3) is 0 Å². The zero-order valence-electron chi connectivity index (χ0n) is 23.1. The minimum absolute atomic E-state index is 0.0251. The number of benzene rings is 2. The van der Waals surface area contributed by atoms with Crippen LogP contribution in [0.3, 0.4) is 0 Å². The van der Waals surface area contributed by atoms with E-state index in [1.54, 1.807) is 12.1 Å². The first-order valence-electron chi connectivity index (χ1n) is 14.4. The van der Waals surface area contributed by atoms with E-state index in [1.807, 2.05) is 23.0 Å². The SMILES string of the molecule is CCCCCCS(=O)CCc1cnn(CCCCC2c3ccc(O)cc3CCC2(C)c2ccc(O)cc2)c1. The van der Waals surface area contributed by atoms with Gasteiger partial charge >= 0.3 is 0 Å². The second kappa shape index (κ2) is 13.5. The molecule has 3 unspecified atom stereocenters. The van der Waals surface area contributed by atoms with Crippen molar-refractivity contribution in [2.75, 3.05) is 11.5 Å². The van der Waals surface area contributed by atoms with Crippen LogP contribution in [0.4, 0.5) is 0 Å². The summed E-state index contributed by atoms with van der Waals surface area (Å²) in [5.74, 6) is 2.53. The number of hydrogen-bond donors (Lipinski definition) is 2. The summed E-state index contributed by atoms with van der Waals surface area (Å²) in [5, 5.41) is 24.5. The molecule has 6 heteroatoms. The van der Waals surface area contributed by atoms with Crippen LogP contribution >= 0.6 is 0 Å². The lowest BCUT2D eigenvalue weighted by molar-refractivity contribution is 0.303. The van der Waals surface area contributed by atoms with Crippen molar-refractivity contribution >= 4 is 10.8 Å². The van der Waals surface area contributed by atoms with Crippen molar-refractivity contribution in [3.8, 4) is 11.5 Å². The summed E-state index contributed by atoms with van der Waals surface area (Å²) in [6, 6.07) is 13.6. The van der Waals surface area contributed by atoms with Crippen LogP contribution in [0.5, 0.6) is 11.5 Å². The molecule has 2 N–H and O–H groups in total. The Balaban J connectivity index is 1.32. The lowest BCUT2D eigenvalue weighted by atomic mass is 9.60. The Bertz CT molecular complexity index is 1190. The molecule has 5 nitrogen and oxygen atoms in total. The van der Waals surface area contributed by atoms with Gasteiger partial charge in [-0.1, -0.05) is 57.7 Å². The maximum absolute atomic E-state index is 12.3. The van der Waals surface area contributed by atoms with Gasteiger partial charge in [0.2, 0.25) is 0 Å². The van der Waals surface area contributed by atoms with E-state index in [9.17, 15) is 14.4 Å². The van der Waals surface area contributed by atoms with Gasteiger partial charge in [0.15, 0.2) is 0 Å². The summed E-state index contributed by atoms with van der Waals surface area (Å²) in [4.78, 5) is 0. The van der Waals surface area contributed by atoms with E-state index in [-0.39, 0.29) is 5.41 Å². The van der Waals surface area contributed by atoms with E-state index >= 15 is 0 Å². The van der Waals surface area contributed by atoms with E-state index in [0.717, 1.165) is 63.0 Å². The van der Waals surface area contributed by atoms with Crippen LogP contribution in [0.2, 0.25) is 0 Å². The van der Waals surface area contributed by atoms with Crippen molar-refractivity contribution in [2.24, 2.45) is 0 Å².